The second-order valence-corrected chi connectivity index (χ2v) is 5.87. The topological polar surface area (TPSA) is 42.2 Å². The highest BCUT2D eigenvalue weighted by molar-refractivity contribution is 5.80. The summed E-state index contributed by atoms with van der Waals surface area (Å²) in [6.07, 6.45) is 0. The van der Waals surface area contributed by atoms with Crippen molar-refractivity contribution in [3.05, 3.63) is 81.2 Å². The van der Waals surface area contributed by atoms with Crippen LogP contribution in [0.3, 0.4) is 0 Å². The van der Waals surface area contributed by atoms with Crippen molar-refractivity contribution in [1.29, 1.82) is 0 Å². The molecular formula is C19H17F2NO2. The van der Waals surface area contributed by atoms with E-state index in [1.165, 1.54) is 18.2 Å². The average molecular weight is 329 g/mol. The maximum absolute atomic E-state index is 13.3. The fraction of sp³-hybridized carbons (Fsp3) is 0.211. The Bertz CT molecular complexity index is 950. The third kappa shape index (κ3) is 3.36. The quantitative estimate of drug-likeness (QED) is 0.728. The molecule has 0 saturated heterocycles. The van der Waals surface area contributed by atoms with Gasteiger partial charge in [-0.1, -0.05) is 18.2 Å². The lowest BCUT2D eigenvalue weighted by Gasteiger charge is -2.15. The SMILES string of the molecule is Cc1ccc2c(CN[C@H](C)c3ccc(F)c(F)c3)cc(=O)oc2c1. The molecule has 0 amide bonds. The molecule has 0 saturated carbocycles. The van der Waals surface area contributed by atoms with E-state index in [0.29, 0.717) is 17.7 Å². The number of benzene rings is 2. The van der Waals surface area contributed by atoms with Gasteiger partial charge in [0.15, 0.2) is 11.6 Å². The third-order valence-corrected chi connectivity index (χ3v) is 4.03. The number of halogens is 2. The number of aryl methyl sites for hydroxylation is 1. The zero-order valence-electron chi connectivity index (χ0n) is 13.4. The number of hydrogen-bond donors (Lipinski definition) is 1. The number of fused-ring (bicyclic) bond motifs is 1. The first-order chi connectivity index (χ1) is 11.4. The van der Waals surface area contributed by atoms with E-state index in [1.54, 1.807) is 0 Å². The summed E-state index contributed by atoms with van der Waals surface area (Å²) < 4.78 is 31.6. The molecule has 0 aliphatic heterocycles. The molecular weight excluding hydrogens is 312 g/mol. The second kappa shape index (κ2) is 6.53. The van der Waals surface area contributed by atoms with Crippen LogP contribution in [0.25, 0.3) is 11.0 Å². The van der Waals surface area contributed by atoms with Gasteiger partial charge in [0.25, 0.3) is 0 Å². The summed E-state index contributed by atoms with van der Waals surface area (Å²) in [6, 6.07) is 10.7. The van der Waals surface area contributed by atoms with Crippen molar-refractivity contribution in [3.63, 3.8) is 0 Å². The first-order valence-electron chi connectivity index (χ1n) is 7.66. The van der Waals surface area contributed by atoms with E-state index in [9.17, 15) is 13.6 Å². The van der Waals surface area contributed by atoms with E-state index in [2.05, 4.69) is 5.32 Å². The minimum absolute atomic E-state index is 0.201. The van der Waals surface area contributed by atoms with Crippen LogP contribution in [-0.4, -0.2) is 0 Å². The highest BCUT2D eigenvalue weighted by Gasteiger charge is 2.11. The standard InChI is InChI=1S/C19H17F2NO2/c1-11-3-5-15-14(9-19(23)24-18(15)7-11)10-22-12(2)13-4-6-16(20)17(21)8-13/h3-9,12,22H,10H2,1-2H3/t12-/m1/s1. The highest BCUT2D eigenvalue weighted by atomic mass is 19.2. The van der Waals surface area contributed by atoms with Crippen molar-refractivity contribution in [3.8, 4) is 0 Å². The Morgan fingerprint density at radius 2 is 1.88 bits per heavy atom. The molecule has 1 aromatic heterocycles. The van der Waals surface area contributed by atoms with Crippen LogP contribution in [0.15, 0.2) is 51.7 Å². The van der Waals surface area contributed by atoms with E-state index in [-0.39, 0.29) is 6.04 Å². The summed E-state index contributed by atoms with van der Waals surface area (Å²) in [4.78, 5) is 11.7. The van der Waals surface area contributed by atoms with Gasteiger partial charge in [-0.2, -0.15) is 0 Å². The summed E-state index contributed by atoms with van der Waals surface area (Å²) in [5.41, 5.74) is 2.57. The van der Waals surface area contributed by atoms with Gasteiger partial charge >= 0.3 is 5.63 Å². The molecule has 0 radical (unpaired) electrons. The zero-order valence-corrected chi connectivity index (χ0v) is 13.4. The van der Waals surface area contributed by atoms with Gasteiger partial charge in [-0.15, -0.1) is 0 Å². The Hall–Kier alpha value is -2.53. The van der Waals surface area contributed by atoms with E-state index < -0.39 is 17.3 Å². The van der Waals surface area contributed by atoms with Crippen molar-refractivity contribution in [2.45, 2.75) is 26.4 Å². The lowest BCUT2D eigenvalue weighted by molar-refractivity contribution is 0.500. The molecule has 3 rings (SSSR count). The van der Waals surface area contributed by atoms with Crippen molar-refractivity contribution in [1.82, 2.24) is 5.32 Å². The predicted molar refractivity (Wildman–Crippen MR) is 88.8 cm³/mol. The molecule has 3 nitrogen and oxygen atoms in total. The summed E-state index contributed by atoms with van der Waals surface area (Å²) >= 11 is 0. The largest absolute Gasteiger partial charge is 0.423 e. The number of rotatable bonds is 4. The Balaban J connectivity index is 1.85. The molecule has 0 aliphatic rings. The molecule has 2 aromatic carbocycles. The first-order valence-corrected chi connectivity index (χ1v) is 7.66. The van der Waals surface area contributed by atoms with Gasteiger partial charge in [0.2, 0.25) is 0 Å². The number of nitrogens with one attached hydrogen (secondary N) is 1. The van der Waals surface area contributed by atoms with Crippen molar-refractivity contribution >= 4 is 11.0 Å². The molecule has 3 aromatic rings. The van der Waals surface area contributed by atoms with Gasteiger partial charge in [0.1, 0.15) is 5.58 Å². The normalized spacial score (nSPS) is 12.5. The zero-order chi connectivity index (χ0) is 17.3. The van der Waals surface area contributed by atoms with Crippen LogP contribution in [0.4, 0.5) is 8.78 Å². The van der Waals surface area contributed by atoms with E-state index in [0.717, 1.165) is 22.6 Å². The van der Waals surface area contributed by atoms with Crippen molar-refractivity contribution in [2.75, 3.05) is 0 Å². The van der Waals surface area contributed by atoms with Gasteiger partial charge in [-0.25, -0.2) is 13.6 Å². The molecule has 1 N–H and O–H groups in total. The predicted octanol–water partition coefficient (Wildman–Crippen LogP) is 4.23. The molecule has 0 unspecified atom stereocenters. The van der Waals surface area contributed by atoms with Gasteiger partial charge in [0.05, 0.1) is 0 Å². The Morgan fingerprint density at radius 3 is 2.62 bits per heavy atom. The molecule has 0 bridgehead atoms. The lowest BCUT2D eigenvalue weighted by atomic mass is 10.1. The lowest BCUT2D eigenvalue weighted by Crippen LogP contribution is -2.19. The first kappa shape index (κ1) is 16.3. The molecule has 24 heavy (non-hydrogen) atoms. The maximum atomic E-state index is 13.3. The second-order valence-electron chi connectivity index (χ2n) is 5.87. The third-order valence-electron chi connectivity index (χ3n) is 4.03. The van der Waals surface area contributed by atoms with Crippen LogP contribution in [-0.2, 0) is 6.54 Å². The Labute approximate surface area is 137 Å². The van der Waals surface area contributed by atoms with Crippen molar-refractivity contribution in [2.24, 2.45) is 0 Å². The molecule has 124 valence electrons. The molecule has 0 aliphatic carbocycles. The minimum atomic E-state index is -0.873. The fourth-order valence-electron chi connectivity index (χ4n) is 2.65. The van der Waals surface area contributed by atoms with E-state index in [1.807, 2.05) is 32.0 Å². The van der Waals surface area contributed by atoms with E-state index in [4.69, 9.17) is 4.42 Å². The number of hydrogen-bond acceptors (Lipinski definition) is 3. The van der Waals surface area contributed by atoms with Gasteiger partial charge in [-0.3, -0.25) is 0 Å². The molecule has 1 atom stereocenters. The van der Waals surface area contributed by atoms with Crippen LogP contribution < -0.4 is 10.9 Å². The molecule has 1 heterocycles. The highest BCUT2D eigenvalue weighted by Crippen LogP contribution is 2.20. The summed E-state index contributed by atoms with van der Waals surface area (Å²) in [5.74, 6) is -1.74. The average Bonchev–Trinajstić information content (AvgIpc) is 2.54. The summed E-state index contributed by atoms with van der Waals surface area (Å²) in [7, 11) is 0. The molecule has 0 spiro atoms. The van der Waals surface area contributed by atoms with Crippen LogP contribution in [0, 0.1) is 18.6 Å². The molecule has 0 fully saturated rings. The summed E-state index contributed by atoms with van der Waals surface area (Å²) in [5, 5.41) is 4.08. The van der Waals surface area contributed by atoms with Crippen LogP contribution in [0.2, 0.25) is 0 Å². The smallest absolute Gasteiger partial charge is 0.336 e. The van der Waals surface area contributed by atoms with Crippen LogP contribution in [0.5, 0.6) is 0 Å². The minimum Gasteiger partial charge on any atom is -0.423 e. The Kier molecular flexibility index (Phi) is 4.44. The molecule has 5 heteroatoms. The monoisotopic (exact) mass is 329 g/mol. The van der Waals surface area contributed by atoms with Crippen LogP contribution in [0.1, 0.15) is 29.7 Å². The van der Waals surface area contributed by atoms with Gasteiger partial charge < -0.3 is 9.73 Å². The maximum Gasteiger partial charge on any atom is 0.336 e. The fourth-order valence-corrected chi connectivity index (χ4v) is 2.65. The van der Waals surface area contributed by atoms with Gasteiger partial charge in [-0.05, 0) is 48.7 Å². The van der Waals surface area contributed by atoms with Crippen molar-refractivity contribution < 1.29 is 13.2 Å². The summed E-state index contributed by atoms with van der Waals surface area (Å²) in [6.45, 7) is 4.19. The van der Waals surface area contributed by atoms with Crippen LogP contribution >= 0.6 is 0 Å². The Morgan fingerprint density at radius 1 is 1.08 bits per heavy atom. The van der Waals surface area contributed by atoms with Gasteiger partial charge in [0, 0.05) is 24.0 Å². The van der Waals surface area contributed by atoms with E-state index >= 15 is 0 Å².